The predicted molar refractivity (Wildman–Crippen MR) is 29.8 cm³/mol. The first-order chi connectivity index (χ1) is 7.00. The first-order valence-electron chi connectivity index (χ1n) is 1.52. The molecule has 8 heteroatoms. The summed E-state index contributed by atoms with van der Waals surface area (Å²) in [7, 11) is 0. The van der Waals surface area contributed by atoms with Crippen LogP contribution in [0.25, 0.3) is 0 Å². The zero-order valence-electron chi connectivity index (χ0n) is 6.54. The summed E-state index contributed by atoms with van der Waals surface area (Å²) >= 11 is 4.64. The van der Waals surface area contributed by atoms with Gasteiger partial charge in [-0.3, -0.25) is 0 Å². The summed E-state index contributed by atoms with van der Waals surface area (Å²) < 4.78 is 0. The van der Waals surface area contributed by atoms with Crippen LogP contribution in [0.3, 0.4) is 0 Å². The van der Waals surface area contributed by atoms with E-state index in [0.29, 0.717) is 0 Å². The van der Waals surface area contributed by atoms with Crippen molar-refractivity contribution in [1.29, 1.82) is 31.6 Å². The Morgan fingerprint density at radius 3 is 0.429 bits per heavy atom. The van der Waals surface area contributed by atoms with Crippen molar-refractivity contribution in [3.63, 3.8) is 0 Å². The van der Waals surface area contributed by atoms with Gasteiger partial charge in [0.1, 0.15) is 0 Å². The Hall–Kier alpha value is -1.66. The molecule has 0 saturated heterocycles. The maximum atomic E-state index is 6.25. The Labute approximate surface area is 104 Å². The number of hydrogen-bond donors (Lipinski definition) is 0. The fraction of sp³-hybridized carbons (Fsp3) is 0. The molecule has 0 N–H and O–H groups in total. The van der Waals surface area contributed by atoms with Crippen LogP contribution in [0.1, 0.15) is 0 Å². The van der Waals surface area contributed by atoms with Gasteiger partial charge < -0.3 is 71.0 Å². The van der Waals surface area contributed by atoms with E-state index in [2.05, 4.69) is 11.7 Å². The van der Waals surface area contributed by atoms with E-state index < -0.39 is 0 Å². The van der Waals surface area contributed by atoms with E-state index in [9.17, 15) is 0 Å². The second-order valence-electron chi connectivity index (χ2n) is 0. The molecule has 6 nitrogen and oxygen atoms in total. The van der Waals surface area contributed by atoms with Gasteiger partial charge in [0.05, 0.1) is 0 Å². The Morgan fingerprint density at radius 2 is 0.429 bits per heavy atom. The fourth-order valence-electron chi connectivity index (χ4n) is 0. The monoisotopic (exact) mass is 302 g/mol. The third kappa shape index (κ3) is 329. The molecule has 0 aliphatic heterocycles. The van der Waals surface area contributed by atoms with Gasteiger partial charge in [-0.1, -0.05) is 0 Å². The zero-order valence-corrected chi connectivity index (χ0v) is 10.1. The molecule has 0 aromatic rings. The molecule has 0 aromatic carbocycles. The molecule has 0 aromatic heterocycles. The minimum absolute atomic E-state index is 1.30. The normalized spacial score (nSPS) is 1.36. The van der Waals surface area contributed by atoms with E-state index in [-0.39, 0.29) is 0 Å². The van der Waals surface area contributed by atoms with Crippen LogP contribution in [-0.2, 0) is 33.5 Å². The summed E-state index contributed by atoms with van der Waals surface area (Å²) in [5, 5.41) is 37.5. The summed E-state index contributed by atoms with van der Waals surface area (Å²) in [6.07, 6.45) is 0. The summed E-state index contributed by atoms with van der Waals surface area (Å²) in [5.41, 5.74) is 0. The molecule has 0 spiro atoms. The molecular weight excluding hydrogens is 303 g/mol. The van der Waals surface area contributed by atoms with Crippen molar-refractivity contribution in [2.75, 3.05) is 0 Å². The number of nitrogens with zero attached hydrogens (tertiary/aromatic N) is 6. The van der Waals surface area contributed by atoms with E-state index in [0.717, 1.165) is 0 Å². The fourth-order valence-corrected chi connectivity index (χ4v) is 0. The summed E-state index contributed by atoms with van der Waals surface area (Å²) in [6.45, 7) is 28.5. The van der Waals surface area contributed by atoms with Crippen molar-refractivity contribution in [2.24, 2.45) is 0 Å². The SMILES string of the molecule is [C-]#N.[C-]#N.[C-]#N.[C-]#N.[C-]#N.[C-]#N.[Fe]=[Zr+2]. The van der Waals surface area contributed by atoms with Gasteiger partial charge >= 0.3 is 33.5 Å². The molecule has 14 heavy (non-hydrogen) atoms. The maximum absolute atomic E-state index is 6.25. The zero-order chi connectivity index (χ0) is 14.0. The van der Waals surface area contributed by atoms with Crippen molar-refractivity contribution in [1.82, 2.24) is 0 Å². The third-order valence-corrected chi connectivity index (χ3v) is 0. The molecule has 0 fully saturated rings. The van der Waals surface area contributed by atoms with Crippen LogP contribution >= 0.6 is 0 Å². The van der Waals surface area contributed by atoms with Gasteiger partial charge in [-0.05, 0) is 0 Å². The van der Waals surface area contributed by atoms with Crippen molar-refractivity contribution in [3.05, 3.63) is 39.4 Å². The molecule has 0 unspecified atom stereocenters. The van der Waals surface area contributed by atoms with E-state index in [1.54, 1.807) is 0 Å². The molecule has 0 aliphatic carbocycles. The van der Waals surface area contributed by atoms with Crippen LogP contribution in [0.4, 0.5) is 0 Å². The van der Waals surface area contributed by atoms with Crippen LogP contribution in [0, 0.1) is 71.0 Å². The van der Waals surface area contributed by atoms with Crippen molar-refractivity contribution in [3.8, 4) is 0 Å². The second kappa shape index (κ2) is 442. The molecule has 0 saturated carbocycles. The van der Waals surface area contributed by atoms with Crippen molar-refractivity contribution >= 4 is 0 Å². The molecule has 0 bridgehead atoms. The molecule has 0 aliphatic rings. The Balaban J connectivity index is -0.00000000817. The summed E-state index contributed by atoms with van der Waals surface area (Å²) in [4.78, 5) is 0. The van der Waals surface area contributed by atoms with Crippen molar-refractivity contribution in [2.45, 2.75) is 0 Å². The van der Waals surface area contributed by atoms with Crippen molar-refractivity contribution < 1.29 is 33.5 Å². The molecule has 0 amide bonds. The Kier molecular flexibility index (Phi) is 1760. The Morgan fingerprint density at radius 1 is 0.429 bits per heavy atom. The molecule has 0 atom stereocenters. The third-order valence-electron chi connectivity index (χ3n) is 0. The average molecular weight is 303 g/mol. The van der Waals surface area contributed by atoms with Crippen LogP contribution in [0.5, 0.6) is 0 Å². The first-order valence-corrected chi connectivity index (χ1v) is 5.65. The van der Waals surface area contributed by atoms with Gasteiger partial charge in [0.25, 0.3) is 0 Å². The van der Waals surface area contributed by atoms with Gasteiger partial charge in [-0.25, -0.2) is 0 Å². The van der Waals surface area contributed by atoms with E-state index in [1.165, 1.54) is 21.7 Å². The van der Waals surface area contributed by atoms with E-state index in [1.807, 2.05) is 0 Å². The second-order valence-corrected chi connectivity index (χ2v) is 0. The first kappa shape index (κ1) is 55.6. The average Bonchev–Trinajstić information content (AvgIpc) is 2.45. The van der Waals surface area contributed by atoms with Gasteiger partial charge in [-0.15, -0.1) is 0 Å². The van der Waals surface area contributed by atoms with Gasteiger partial charge in [0, 0.05) is 0 Å². The number of hydrogen-bond acceptors (Lipinski definition) is 6. The van der Waals surface area contributed by atoms with E-state index in [4.69, 9.17) is 71.0 Å². The summed E-state index contributed by atoms with van der Waals surface area (Å²) in [6, 6.07) is 0. The van der Waals surface area contributed by atoms with Crippen LogP contribution < -0.4 is 0 Å². The topological polar surface area (TPSA) is 143 Å². The minimum atomic E-state index is 1.30. The quantitative estimate of drug-likeness (QED) is 0.472. The van der Waals surface area contributed by atoms with Crippen LogP contribution in [-0.4, -0.2) is 0 Å². The van der Waals surface area contributed by atoms with Gasteiger partial charge in [0.2, 0.25) is 0 Å². The van der Waals surface area contributed by atoms with Crippen LogP contribution in [0.15, 0.2) is 0 Å². The van der Waals surface area contributed by atoms with Crippen LogP contribution in [0.2, 0.25) is 0 Å². The molecular formula is C6FeN6Zr-4. The van der Waals surface area contributed by atoms with E-state index >= 15 is 0 Å². The summed E-state index contributed by atoms with van der Waals surface area (Å²) in [5.74, 6) is 0. The number of rotatable bonds is 0. The molecule has 0 radical (unpaired) electrons. The molecule has 70 valence electrons. The molecule has 0 heterocycles. The molecule has 0 rings (SSSR count). The predicted octanol–water partition coefficient (Wildman–Crippen LogP) is 0.573. The van der Waals surface area contributed by atoms with Gasteiger partial charge in [0.15, 0.2) is 0 Å². The van der Waals surface area contributed by atoms with Gasteiger partial charge in [-0.2, -0.15) is 0 Å². The Bertz CT molecular complexity index is 109. The standard InChI is InChI=1S/6CN.Fe.Zr/c6*1-2;;/q6*-1;;+2.